The van der Waals surface area contributed by atoms with Crippen LogP contribution in [0.15, 0.2) is 42.5 Å². The minimum atomic E-state index is -4.88. The summed E-state index contributed by atoms with van der Waals surface area (Å²) in [5, 5.41) is 18.1. The fraction of sp³-hybridized carbons (Fsp3) is 0.133. The van der Waals surface area contributed by atoms with Crippen molar-refractivity contribution in [1.29, 1.82) is 0 Å². The monoisotopic (exact) mass is 314 g/mol. The zero-order valence-electron chi connectivity index (χ0n) is 10.9. The van der Waals surface area contributed by atoms with Crippen LogP contribution in [0, 0.1) is 5.82 Å². The number of aliphatic hydroxyl groups excluding tert-OH is 1. The first-order chi connectivity index (χ1) is 10.2. The zero-order chi connectivity index (χ0) is 16.5. The summed E-state index contributed by atoms with van der Waals surface area (Å²) in [6.07, 6.45) is -7.20. The van der Waals surface area contributed by atoms with Gasteiger partial charge in [-0.15, -0.1) is 0 Å². The predicted octanol–water partition coefficient (Wildman–Crippen LogP) is 3.63. The molecule has 7 heteroatoms. The van der Waals surface area contributed by atoms with Crippen molar-refractivity contribution in [3.63, 3.8) is 0 Å². The molecule has 3 nitrogen and oxygen atoms in total. The van der Waals surface area contributed by atoms with Gasteiger partial charge in [-0.2, -0.15) is 13.2 Å². The highest BCUT2D eigenvalue weighted by atomic mass is 19.4. The number of aliphatic carboxylic acids is 1. The van der Waals surface area contributed by atoms with Gasteiger partial charge in [0.05, 0.1) is 5.56 Å². The van der Waals surface area contributed by atoms with E-state index in [1.807, 2.05) is 0 Å². The predicted molar refractivity (Wildman–Crippen MR) is 69.4 cm³/mol. The van der Waals surface area contributed by atoms with Gasteiger partial charge in [-0.1, -0.05) is 30.3 Å². The average molecular weight is 314 g/mol. The summed E-state index contributed by atoms with van der Waals surface area (Å²) >= 11 is 0. The molecule has 0 aliphatic rings. The third kappa shape index (κ3) is 3.09. The van der Waals surface area contributed by atoms with Gasteiger partial charge in [0.1, 0.15) is 5.82 Å². The van der Waals surface area contributed by atoms with Crippen LogP contribution in [0.5, 0.6) is 0 Å². The van der Waals surface area contributed by atoms with E-state index in [1.54, 1.807) is 0 Å². The Morgan fingerprint density at radius 1 is 1.09 bits per heavy atom. The van der Waals surface area contributed by atoms with Crippen LogP contribution in [0.4, 0.5) is 17.6 Å². The van der Waals surface area contributed by atoms with Gasteiger partial charge in [-0.05, 0) is 17.7 Å². The van der Waals surface area contributed by atoms with Crippen molar-refractivity contribution >= 4 is 5.97 Å². The molecule has 2 aromatic carbocycles. The Hall–Kier alpha value is -2.41. The minimum absolute atomic E-state index is 0.0515. The van der Waals surface area contributed by atoms with Gasteiger partial charge in [0.2, 0.25) is 0 Å². The van der Waals surface area contributed by atoms with E-state index >= 15 is 0 Å². The van der Waals surface area contributed by atoms with Crippen LogP contribution in [0.2, 0.25) is 0 Å². The number of carbonyl (C=O) groups is 1. The lowest BCUT2D eigenvalue weighted by atomic mass is 9.95. The molecule has 0 radical (unpaired) electrons. The molecule has 0 fully saturated rings. The Morgan fingerprint density at radius 3 is 2.27 bits per heavy atom. The number of hydrogen-bond acceptors (Lipinski definition) is 2. The summed E-state index contributed by atoms with van der Waals surface area (Å²) in [6, 6.07) is 7.86. The molecule has 0 spiro atoms. The van der Waals surface area contributed by atoms with Gasteiger partial charge in [-0.3, -0.25) is 0 Å². The molecule has 22 heavy (non-hydrogen) atoms. The third-order valence-electron chi connectivity index (χ3n) is 3.07. The second-order valence-corrected chi connectivity index (χ2v) is 4.52. The fourth-order valence-corrected chi connectivity index (χ4v) is 2.04. The smallest absolute Gasteiger partial charge is 0.416 e. The first-order valence-electron chi connectivity index (χ1n) is 6.08. The molecular weight excluding hydrogens is 304 g/mol. The van der Waals surface area contributed by atoms with Gasteiger partial charge in [0.15, 0.2) is 6.10 Å². The summed E-state index contributed by atoms with van der Waals surface area (Å²) in [5.74, 6) is -2.51. The second kappa shape index (κ2) is 5.76. The zero-order valence-corrected chi connectivity index (χ0v) is 10.9. The molecular formula is C15H10F4O3. The summed E-state index contributed by atoms with van der Waals surface area (Å²) in [4.78, 5) is 10.7. The lowest BCUT2D eigenvalue weighted by molar-refractivity contribution is -0.149. The molecule has 1 unspecified atom stereocenters. The van der Waals surface area contributed by atoms with Gasteiger partial charge in [-0.25, -0.2) is 9.18 Å². The summed E-state index contributed by atoms with van der Waals surface area (Å²) in [6.45, 7) is 0. The minimum Gasteiger partial charge on any atom is -0.479 e. The molecule has 2 rings (SSSR count). The van der Waals surface area contributed by atoms with Crippen LogP contribution in [0.1, 0.15) is 17.2 Å². The Morgan fingerprint density at radius 2 is 1.73 bits per heavy atom. The largest absolute Gasteiger partial charge is 0.479 e. The third-order valence-corrected chi connectivity index (χ3v) is 3.07. The number of rotatable bonds is 3. The second-order valence-electron chi connectivity index (χ2n) is 4.52. The van der Waals surface area contributed by atoms with Crippen LogP contribution in [-0.2, 0) is 11.0 Å². The van der Waals surface area contributed by atoms with Crippen molar-refractivity contribution in [1.82, 2.24) is 0 Å². The number of carboxylic acid groups (broad SMARTS) is 1. The molecule has 0 bridgehead atoms. The molecule has 0 heterocycles. The number of hydrogen-bond donors (Lipinski definition) is 2. The number of benzene rings is 2. The molecule has 0 saturated heterocycles. The maximum absolute atomic E-state index is 13.7. The molecule has 0 aliphatic heterocycles. The van der Waals surface area contributed by atoms with E-state index in [-0.39, 0.29) is 11.1 Å². The Kier molecular flexibility index (Phi) is 4.18. The molecule has 116 valence electrons. The molecule has 0 aliphatic carbocycles. The first-order valence-corrected chi connectivity index (χ1v) is 6.08. The topological polar surface area (TPSA) is 57.5 Å². The maximum Gasteiger partial charge on any atom is 0.416 e. The average Bonchev–Trinajstić information content (AvgIpc) is 2.45. The van der Waals surface area contributed by atoms with E-state index in [2.05, 4.69) is 0 Å². The molecule has 0 amide bonds. The van der Waals surface area contributed by atoms with Crippen molar-refractivity contribution in [2.24, 2.45) is 0 Å². The van der Waals surface area contributed by atoms with Crippen molar-refractivity contribution in [2.45, 2.75) is 12.3 Å². The van der Waals surface area contributed by atoms with Gasteiger partial charge >= 0.3 is 12.1 Å². The Bertz CT molecular complexity index is 710. The van der Waals surface area contributed by atoms with Crippen molar-refractivity contribution < 1.29 is 32.6 Å². The highest BCUT2D eigenvalue weighted by Gasteiger charge is 2.37. The van der Waals surface area contributed by atoms with Crippen LogP contribution in [0.3, 0.4) is 0 Å². The molecule has 0 aromatic heterocycles. The molecule has 2 aromatic rings. The molecule has 0 saturated carbocycles. The van der Waals surface area contributed by atoms with Crippen molar-refractivity contribution in [2.75, 3.05) is 0 Å². The SMILES string of the molecule is O=C(O)C(O)c1ccc(-c2ccccc2F)cc1C(F)(F)F. The van der Waals surface area contributed by atoms with Crippen molar-refractivity contribution in [3.8, 4) is 11.1 Å². The number of aliphatic hydroxyl groups is 1. The van der Waals surface area contributed by atoms with Crippen LogP contribution >= 0.6 is 0 Å². The van der Waals surface area contributed by atoms with Gasteiger partial charge in [0, 0.05) is 11.1 Å². The molecule has 1 atom stereocenters. The van der Waals surface area contributed by atoms with Crippen LogP contribution in [-0.4, -0.2) is 16.2 Å². The highest BCUT2D eigenvalue weighted by molar-refractivity contribution is 5.76. The van der Waals surface area contributed by atoms with E-state index in [9.17, 15) is 27.5 Å². The van der Waals surface area contributed by atoms with Gasteiger partial charge < -0.3 is 10.2 Å². The van der Waals surface area contributed by atoms with Crippen LogP contribution < -0.4 is 0 Å². The van der Waals surface area contributed by atoms with E-state index < -0.39 is 35.2 Å². The summed E-state index contributed by atoms with van der Waals surface area (Å²) in [5.41, 5.74) is -2.22. The quantitative estimate of drug-likeness (QED) is 0.851. The normalized spacial score (nSPS) is 13.0. The molecule has 2 N–H and O–H groups in total. The van der Waals surface area contributed by atoms with E-state index in [1.165, 1.54) is 18.2 Å². The fourth-order valence-electron chi connectivity index (χ4n) is 2.04. The Labute approximate surface area is 122 Å². The summed E-state index contributed by atoms with van der Waals surface area (Å²) in [7, 11) is 0. The highest BCUT2D eigenvalue weighted by Crippen LogP contribution is 2.37. The standard InChI is InChI=1S/C15H10F4O3/c16-12-4-2-1-3-9(12)8-5-6-10(13(20)14(21)22)11(7-8)15(17,18)19/h1-7,13,20H,(H,21,22). The van der Waals surface area contributed by atoms with Gasteiger partial charge in [0.25, 0.3) is 0 Å². The first kappa shape index (κ1) is 16.0. The maximum atomic E-state index is 13.7. The number of carboxylic acids is 1. The van der Waals surface area contributed by atoms with Crippen molar-refractivity contribution in [3.05, 3.63) is 59.4 Å². The Balaban J connectivity index is 2.63. The van der Waals surface area contributed by atoms with Crippen LogP contribution in [0.25, 0.3) is 11.1 Å². The number of alkyl halides is 3. The van der Waals surface area contributed by atoms with E-state index in [4.69, 9.17) is 5.11 Å². The lowest BCUT2D eigenvalue weighted by Crippen LogP contribution is -2.17. The summed E-state index contributed by atoms with van der Waals surface area (Å²) < 4.78 is 52.9. The van der Waals surface area contributed by atoms with E-state index in [0.29, 0.717) is 6.07 Å². The lowest BCUT2D eigenvalue weighted by Gasteiger charge is -2.16. The van der Waals surface area contributed by atoms with E-state index in [0.717, 1.165) is 18.2 Å². The number of halogens is 4.